The van der Waals surface area contributed by atoms with Gasteiger partial charge in [-0.05, 0) is 37.0 Å². The standard InChI is InChI=1S/C13H16FNO5S/c1-8-4-10(5-11(12(8)14)13(16)17)21(18,19)15-6-9-2-3-20-7-9/h4-5,9,15H,2-3,6-7H2,1H3,(H,16,17). The molecule has 1 aliphatic rings. The maximum absolute atomic E-state index is 13.6. The fourth-order valence-electron chi connectivity index (χ4n) is 2.10. The number of nitrogens with one attached hydrogen (secondary N) is 1. The molecule has 2 rings (SSSR count). The molecule has 1 aliphatic heterocycles. The Morgan fingerprint density at radius 2 is 2.24 bits per heavy atom. The van der Waals surface area contributed by atoms with Crippen LogP contribution in [0.2, 0.25) is 0 Å². The third-order valence-electron chi connectivity index (χ3n) is 3.35. The van der Waals surface area contributed by atoms with Crippen molar-refractivity contribution in [2.45, 2.75) is 18.2 Å². The maximum Gasteiger partial charge on any atom is 0.338 e. The second-order valence-corrected chi connectivity index (χ2v) is 6.76. The topological polar surface area (TPSA) is 92.7 Å². The third kappa shape index (κ3) is 3.58. The van der Waals surface area contributed by atoms with E-state index in [1.807, 2.05) is 0 Å². The lowest BCUT2D eigenvalue weighted by Gasteiger charge is -2.12. The van der Waals surface area contributed by atoms with Crippen molar-refractivity contribution < 1.29 is 27.4 Å². The zero-order valence-corrected chi connectivity index (χ0v) is 12.2. The van der Waals surface area contributed by atoms with Crippen LogP contribution in [0.5, 0.6) is 0 Å². The Hall–Kier alpha value is -1.51. The molecule has 1 aromatic rings. The summed E-state index contributed by atoms with van der Waals surface area (Å²) in [6.45, 7) is 2.63. The van der Waals surface area contributed by atoms with Crippen LogP contribution in [0, 0.1) is 18.7 Å². The summed E-state index contributed by atoms with van der Waals surface area (Å²) in [5, 5.41) is 8.91. The predicted molar refractivity (Wildman–Crippen MR) is 72.2 cm³/mol. The summed E-state index contributed by atoms with van der Waals surface area (Å²) in [7, 11) is -3.88. The number of aromatic carboxylic acids is 1. The molecule has 0 spiro atoms. The van der Waals surface area contributed by atoms with Crippen LogP contribution in [0.3, 0.4) is 0 Å². The Bertz CT molecular complexity index is 653. The SMILES string of the molecule is Cc1cc(S(=O)(=O)NCC2CCOC2)cc(C(=O)O)c1F. The average Bonchev–Trinajstić information content (AvgIpc) is 2.92. The summed E-state index contributed by atoms with van der Waals surface area (Å²) < 4.78 is 45.5. The number of benzene rings is 1. The Kier molecular flexibility index (Phi) is 4.60. The average molecular weight is 317 g/mol. The highest BCUT2D eigenvalue weighted by Crippen LogP contribution is 2.20. The van der Waals surface area contributed by atoms with Crippen LogP contribution in [-0.2, 0) is 14.8 Å². The lowest BCUT2D eigenvalue weighted by atomic mass is 10.1. The number of halogens is 1. The second-order valence-electron chi connectivity index (χ2n) is 4.99. The van der Waals surface area contributed by atoms with E-state index in [2.05, 4.69) is 4.72 Å². The van der Waals surface area contributed by atoms with Crippen LogP contribution in [0.1, 0.15) is 22.3 Å². The molecular formula is C13H16FNO5S. The molecule has 0 saturated carbocycles. The first kappa shape index (κ1) is 15.9. The van der Waals surface area contributed by atoms with E-state index in [9.17, 15) is 17.6 Å². The van der Waals surface area contributed by atoms with Crippen molar-refractivity contribution in [3.8, 4) is 0 Å². The van der Waals surface area contributed by atoms with E-state index in [4.69, 9.17) is 9.84 Å². The first-order valence-corrected chi connectivity index (χ1v) is 7.90. The second kappa shape index (κ2) is 6.08. The molecule has 1 heterocycles. The first-order chi connectivity index (χ1) is 9.81. The highest BCUT2D eigenvalue weighted by atomic mass is 32.2. The summed E-state index contributed by atoms with van der Waals surface area (Å²) in [5.41, 5.74) is -0.681. The number of aryl methyl sites for hydroxylation is 1. The monoisotopic (exact) mass is 317 g/mol. The van der Waals surface area contributed by atoms with Gasteiger partial charge in [0.1, 0.15) is 5.82 Å². The van der Waals surface area contributed by atoms with Crippen LogP contribution < -0.4 is 4.72 Å². The van der Waals surface area contributed by atoms with E-state index in [-0.39, 0.29) is 22.9 Å². The van der Waals surface area contributed by atoms with Crippen molar-refractivity contribution in [1.29, 1.82) is 0 Å². The smallest absolute Gasteiger partial charge is 0.338 e. The van der Waals surface area contributed by atoms with E-state index < -0.39 is 27.4 Å². The Morgan fingerprint density at radius 1 is 1.52 bits per heavy atom. The molecule has 0 aromatic heterocycles. The molecule has 0 radical (unpaired) electrons. The van der Waals surface area contributed by atoms with E-state index in [0.717, 1.165) is 18.6 Å². The minimum Gasteiger partial charge on any atom is -0.478 e. The number of hydrogen-bond acceptors (Lipinski definition) is 4. The molecule has 1 aromatic carbocycles. The van der Waals surface area contributed by atoms with Gasteiger partial charge in [0.25, 0.3) is 0 Å². The van der Waals surface area contributed by atoms with Crippen LogP contribution in [0.25, 0.3) is 0 Å². The number of carbonyl (C=O) groups is 1. The molecule has 0 bridgehead atoms. The van der Waals surface area contributed by atoms with Crippen molar-refractivity contribution in [2.75, 3.05) is 19.8 Å². The van der Waals surface area contributed by atoms with Crippen molar-refractivity contribution >= 4 is 16.0 Å². The molecule has 2 N–H and O–H groups in total. The summed E-state index contributed by atoms with van der Waals surface area (Å²) in [5.74, 6) is -2.33. The van der Waals surface area contributed by atoms with Gasteiger partial charge < -0.3 is 9.84 Å². The highest BCUT2D eigenvalue weighted by molar-refractivity contribution is 7.89. The minimum atomic E-state index is -3.88. The molecule has 0 amide bonds. The summed E-state index contributed by atoms with van der Waals surface area (Å²) in [6, 6.07) is 1.95. The van der Waals surface area contributed by atoms with Gasteiger partial charge in [0, 0.05) is 13.2 Å². The third-order valence-corrected chi connectivity index (χ3v) is 4.76. The van der Waals surface area contributed by atoms with E-state index in [1.54, 1.807) is 0 Å². The van der Waals surface area contributed by atoms with Crippen molar-refractivity contribution in [3.63, 3.8) is 0 Å². The minimum absolute atomic E-state index is 0.0283. The largest absolute Gasteiger partial charge is 0.478 e. The number of ether oxygens (including phenoxy) is 1. The molecule has 116 valence electrons. The van der Waals surface area contributed by atoms with Crippen molar-refractivity contribution in [1.82, 2.24) is 4.72 Å². The van der Waals surface area contributed by atoms with Gasteiger partial charge >= 0.3 is 5.97 Å². The summed E-state index contributed by atoms with van der Waals surface area (Å²) >= 11 is 0. The maximum atomic E-state index is 13.6. The van der Waals surface area contributed by atoms with Crippen LogP contribution in [-0.4, -0.2) is 39.3 Å². The quantitative estimate of drug-likeness (QED) is 0.850. The Morgan fingerprint density at radius 3 is 2.81 bits per heavy atom. The van der Waals surface area contributed by atoms with E-state index in [0.29, 0.717) is 13.2 Å². The highest BCUT2D eigenvalue weighted by Gasteiger charge is 2.23. The number of hydrogen-bond donors (Lipinski definition) is 2. The molecule has 6 nitrogen and oxygen atoms in total. The number of carboxylic acid groups (broad SMARTS) is 1. The molecule has 1 fully saturated rings. The molecule has 1 atom stereocenters. The lowest BCUT2D eigenvalue weighted by Crippen LogP contribution is -2.30. The number of carboxylic acids is 1. The summed E-state index contributed by atoms with van der Waals surface area (Å²) in [4.78, 5) is 10.7. The molecule has 1 saturated heterocycles. The molecular weight excluding hydrogens is 301 g/mol. The molecule has 8 heteroatoms. The number of rotatable bonds is 5. The van der Waals surface area contributed by atoms with Crippen LogP contribution in [0.15, 0.2) is 17.0 Å². The lowest BCUT2D eigenvalue weighted by molar-refractivity contribution is 0.0691. The van der Waals surface area contributed by atoms with Gasteiger partial charge in [-0.25, -0.2) is 22.3 Å². The van der Waals surface area contributed by atoms with Gasteiger partial charge in [-0.15, -0.1) is 0 Å². The molecule has 21 heavy (non-hydrogen) atoms. The zero-order chi connectivity index (χ0) is 15.6. The van der Waals surface area contributed by atoms with Gasteiger partial charge in [0.15, 0.2) is 0 Å². The van der Waals surface area contributed by atoms with Gasteiger partial charge in [-0.3, -0.25) is 0 Å². The Balaban J connectivity index is 2.24. The van der Waals surface area contributed by atoms with Crippen molar-refractivity contribution in [3.05, 3.63) is 29.1 Å². The van der Waals surface area contributed by atoms with Gasteiger partial charge in [-0.1, -0.05) is 0 Å². The van der Waals surface area contributed by atoms with Gasteiger partial charge in [0.2, 0.25) is 10.0 Å². The van der Waals surface area contributed by atoms with Gasteiger partial charge in [-0.2, -0.15) is 0 Å². The number of sulfonamides is 1. The zero-order valence-electron chi connectivity index (χ0n) is 11.4. The predicted octanol–water partition coefficient (Wildman–Crippen LogP) is 1.15. The molecule has 0 aliphatic carbocycles. The van der Waals surface area contributed by atoms with E-state index >= 15 is 0 Å². The normalized spacial score (nSPS) is 18.9. The molecule has 1 unspecified atom stereocenters. The van der Waals surface area contributed by atoms with Crippen LogP contribution in [0.4, 0.5) is 4.39 Å². The van der Waals surface area contributed by atoms with Crippen molar-refractivity contribution in [2.24, 2.45) is 5.92 Å². The van der Waals surface area contributed by atoms with E-state index in [1.165, 1.54) is 6.92 Å². The van der Waals surface area contributed by atoms with Gasteiger partial charge in [0.05, 0.1) is 17.1 Å². The fourth-order valence-corrected chi connectivity index (χ4v) is 3.33. The Labute approximate surface area is 122 Å². The van der Waals surface area contributed by atoms with Crippen LogP contribution >= 0.6 is 0 Å². The summed E-state index contributed by atoms with van der Waals surface area (Å²) in [6.07, 6.45) is 0.769. The first-order valence-electron chi connectivity index (χ1n) is 6.42. The fraction of sp³-hybridized carbons (Fsp3) is 0.462.